The number of aryl methyl sites for hydroxylation is 1. The van der Waals surface area contributed by atoms with Crippen molar-refractivity contribution < 1.29 is 4.74 Å². The third-order valence-electron chi connectivity index (χ3n) is 3.71. The van der Waals surface area contributed by atoms with E-state index in [0.717, 1.165) is 48.9 Å². The lowest BCUT2D eigenvalue weighted by molar-refractivity contribution is 0.417. The van der Waals surface area contributed by atoms with E-state index < -0.39 is 0 Å². The molecule has 1 heterocycles. The lowest BCUT2D eigenvalue weighted by Gasteiger charge is -2.21. The molecule has 0 radical (unpaired) electrons. The fourth-order valence-electron chi connectivity index (χ4n) is 2.50. The Morgan fingerprint density at radius 1 is 1.09 bits per heavy atom. The maximum atomic E-state index is 5.39. The Hall–Kier alpha value is -2.30. The molecule has 2 aromatic rings. The molecular formula is C18H26N4O. The van der Waals surface area contributed by atoms with Crippen LogP contribution >= 0.6 is 0 Å². The van der Waals surface area contributed by atoms with Crippen molar-refractivity contribution in [2.45, 2.75) is 33.6 Å². The first-order chi connectivity index (χ1) is 11.2. The second-order valence-electron chi connectivity index (χ2n) is 5.29. The summed E-state index contributed by atoms with van der Waals surface area (Å²) in [6.45, 7) is 8.28. The third kappa shape index (κ3) is 4.34. The summed E-state index contributed by atoms with van der Waals surface area (Å²) < 4.78 is 5.39. The first-order valence-corrected chi connectivity index (χ1v) is 8.24. The Balaban J connectivity index is 2.36. The van der Waals surface area contributed by atoms with Crippen LogP contribution in [0.3, 0.4) is 0 Å². The van der Waals surface area contributed by atoms with Crippen molar-refractivity contribution in [1.82, 2.24) is 9.97 Å². The number of anilines is 3. The van der Waals surface area contributed by atoms with Crippen LogP contribution < -0.4 is 15.0 Å². The molecule has 0 amide bonds. The van der Waals surface area contributed by atoms with Crippen LogP contribution in [-0.4, -0.2) is 30.2 Å². The second-order valence-corrected chi connectivity index (χ2v) is 5.29. The first kappa shape index (κ1) is 17.1. The number of ether oxygens (including phenoxy) is 1. The van der Waals surface area contributed by atoms with E-state index in [9.17, 15) is 0 Å². The molecule has 124 valence electrons. The average Bonchev–Trinajstić information content (AvgIpc) is 2.57. The summed E-state index contributed by atoms with van der Waals surface area (Å²) in [5, 5.41) is 3.29. The van der Waals surface area contributed by atoms with Crippen LogP contribution in [0.2, 0.25) is 0 Å². The summed E-state index contributed by atoms with van der Waals surface area (Å²) >= 11 is 0. The molecule has 0 spiro atoms. The van der Waals surface area contributed by atoms with Gasteiger partial charge in [0.1, 0.15) is 11.6 Å². The molecule has 1 aromatic carbocycles. The van der Waals surface area contributed by atoms with E-state index in [1.165, 1.54) is 0 Å². The molecule has 0 unspecified atom stereocenters. The van der Waals surface area contributed by atoms with Gasteiger partial charge in [-0.1, -0.05) is 25.5 Å². The second kappa shape index (κ2) is 8.36. The summed E-state index contributed by atoms with van der Waals surface area (Å²) in [7, 11) is 1.66. The van der Waals surface area contributed by atoms with Crippen molar-refractivity contribution in [1.29, 1.82) is 0 Å². The van der Waals surface area contributed by atoms with Gasteiger partial charge in [0, 0.05) is 24.8 Å². The Bertz CT molecular complexity index is 626. The van der Waals surface area contributed by atoms with Gasteiger partial charge in [-0.15, -0.1) is 0 Å². The van der Waals surface area contributed by atoms with Gasteiger partial charge in [0.25, 0.3) is 0 Å². The van der Waals surface area contributed by atoms with Gasteiger partial charge in [0.05, 0.1) is 12.8 Å². The smallest absolute Gasteiger partial charge is 0.229 e. The molecule has 5 nitrogen and oxygen atoms in total. The quantitative estimate of drug-likeness (QED) is 0.797. The SMILES string of the molecule is CCCc1cc(N(CC)CC)nc(Nc2ccccc2OC)n1. The van der Waals surface area contributed by atoms with E-state index >= 15 is 0 Å². The Morgan fingerprint density at radius 3 is 2.48 bits per heavy atom. The highest BCUT2D eigenvalue weighted by molar-refractivity contribution is 5.63. The van der Waals surface area contributed by atoms with E-state index in [-0.39, 0.29) is 0 Å². The Labute approximate surface area is 138 Å². The monoisotopic (exact) mass is 314 g/mol. The fourth-order valence-corrected chi connectivity index (χ4v) is 2.50. The molecule has 1 N–H and O–H groups in total. The van der Waals surface area contributed by atoms with Gasteiger partial charge in [-0.3, -0.25) is 0 Å². The molecule has 0 atom stereocenters. The summed E-state index contributed by atoms with van der Waals surface area (Å²) in [5.74, 6) is 2.36. The van der Waals surface area contributed by atoms with E-state index in [2.05, 4.69) is 47.0 Å². The van der Waals surface area contributed by atoms with Gasteiger partial charge in [0.15, 0.2) is 0 Å². The number of hydrogen-bond donors (Lipinski definition) is 1. The molecule has 0 saturated carbocycles. The van der Waals surface area contributed by atoms with Gasteiger partial charge in [0.2, 0.25) is 5.95 Å². The van der Waals surface area contributed by atoms with Crippen LogP contribution in [-0.2, 0) is 6.42 Å². The summed E-state index contributed by atoms with van der Waals surface area (Å²) in [6, 6.07) is 9.88. The van der Waals surface area contributed by atoms with Crippen molar-refractivity contribution in [2.24, 2.45) is 0 Å². The highest BCUT2D eigenvalue weighted by Crippen LogP contribution is 2.26. The number of para-hydroxylation sites is 2. The summed E-state index contributed by atoms with van der Waals surface area (Å²) in [5.41, 5.74) is 1.93. The zero-order valence-electron chi connectivity index (χ0n) is 14.5. The van der Waals surface area contributed by atoms with Crippen molar-refractivity contribution in [3.05, 3.63) is 36.0 Å². The van der Waals surface area contributed by atoms with Crippen LogP contribution in [0.1, 0.15) is 32.9 Å². The van der Waals surface area contributed by atoms with Crippen LogP contribution in [0.4, 0.5) is 17.5 Å². The minimum Gasteiger partial charge on any atom is -0.495 e. The average molecular weight is 314 g/mol. The highest BCUT2D eigenvalue weighted by atomic mass is 16.5. The number of hydrogen-bond acceptors (Lipinski definition) is 5. The zero-order valence-corrected chi connectivity index (χ0v) is 14.5. The van der Waals surface area contributed by atoms with Gasteiger partial charge in [-0.25, -0.2) is 4.98 Å². The Morgan fingerprint density at radius 2 is 1.83 bits per heavy atom. The maximum Gasteiger partial charge on any atom is 0.229 e. The highest BCUT2D eigenvalue weighted by Gasteiger charge is 2.11. The fraction of sp³-hybridized carbons (Fsp3) is 0.444. The van der Waals surface area contributed by atoms with Gasteiger partial charge >= 0.3 is 0 Å². The number of benzene rings is 1. The number of methoxy groups -OCH3 is 1. The molecule has 0 aliphatic heterocycles. The predicted molar refractivity (Wildman–Crippen MR) is 95.9 cm³/mol. The molecular weight excluding hydrogens is 288 g/mol. The molecule has 0 aliphatic carbocycles. The lowest BCUT2D eigenvalue weighted by Crippen LogP contribution is -2.23. The normalized spacial score (nSPS) is 10.4. The molecule has 0 aliphatic rings. The van der Waals surface area contributed by atoms with Crippen LogP contribution in [0.25, 0.3) is 0 Å². The maximum absolute atomic E-state index is 5.39. The molecule has 1 aromatic heterocycles. The zero-order chi connectivity index (χ0) is 16.7. The van der Waals surface area contributed by atoms with Crippen molar-refractivity contribution in [3.63, 3.8) is 0 Å². The minimum atomic E-state index is 0.613. The van der Waals surface area contributed by atoms with Crippen LogP contribution in [0.5, 0.6) is 5.75 Å². The summed E-state index contributed by atoms with van der Waals surface area (Å²) in [6.07, 6.45) is 2.00. The predicted octanol–water partition coefficient (Wildman–Crippen LogP) is 4.03. The van der Waals surface area contributed by atoms with E-state index in [4.69, 9.17) is 4.74 Å². The molecule has 0 bridgehead atoms. The molecule has 0 saturated heterocycles. The van der Waals surface area contributed by atoms with E-state index in [1.807, 2.05) is 24.3 Å². The molecule has 5 heteroatoms. The number of nitrogens with zero attached hydrogens (tertiary/aromatic N) is 3. The largest absolute Gasteiger partial charge is 0.495 e. The first-order valence-electron chi connectivity index (χ1n) is 8.24. The molecule has 2 rings (SSSR count). The minimum absolute atomic E-state index is 0.613. The lowest BCUT2D eigenvalue weighted by atomic mass is 10.2. The van der Waals surface area contributed by atoms with Crippen LogP contribution in [0, 0.1) is 0 Å². The summed E-state index contributed by atoms with van der Waals surface area (Å²) in [4.78, 5) is 11.5. The third-order valence-corrected chi connectivity index (χ3v) is 3.71. The molecule has 0 fully saturated rings. The van der Waals surface area contributed by atoms with E-state index in [1.54, 1.807) is 7.11 Å². The number of aromatic nitrogens is 2. The topological polar surface area (TPSA) is 50.3 Å². The molecule has 23 heavy (non-hydrogen) atoms. The van der Waals surface area contributed by atoms with Crippen molar-refractivity contribution >= 4 is 17.5 Å². The standard InChI is InChI=1S/C18H26N4O/c1-5-10-14-13-17(22(6-2)7-3)21-18(19-14)20-15-11-8-9-12-16(15)23-4/h8-9,11-13H,5-7,10H2,1-4H3,(H,19,20,21). The Kier molecular flexibility index (Phi) is 6.20. The van der Waals surface area contributed by atoms with Crippen molar-refractivity contribution in [3.8, 4) is 5.75 Å². The van der Waals surface area contributed by atoms with E-state index in [0.29, 0.717) is 5.95 Å². The van der Waals surface area contributed by atoms with Crippen LogP contribution in [0.15, 0.2) is 30.3 Å². The number of nitrogens with one attached hydrogen (secondary N) is 1. The van der Waals surface area contributed by atoms with Gasteiger partial charge < -0.3 is 15.0 Å². The van der Waals surface area contributed by atoms with Gasteiger partial charge in [-0.05, 0) is 32.4 Å². The van der Waals surface area contributed by atoms with Crippen molar-refractivity contribution in [2.75, 3.05) is 30.4 Å². The number of rotatable bonds is 8. The van der Waals surface area contributed by atoms with Gasteiger partial charge in [-0.2, -0.15) is 4.98 Å².